The summed E-state index contributed by atoms with van der Waals surface area (Å²) in [5.41, 5.74) is 2.07. The first-order valence-corrected chi connectivity index (χ1v) is 11.6. The van der Waals surface area contributed by atoms with Gasteiger partial charge in [0.25, 0.3) is 11.8 Å². The van der Waals surface area contributed by atoms with Gasteiger partial charge < -0.3 is 15.0 Å². The summed E-state index contributed by atoms with van der Waals surface area (Å²) < 4.78 is 7.17. The maximum atomic E-state index is 13.0. The van der Waals surface area contributed by atoms with E-state index in [4.69, 9.17) is 4.74 Å². The Bertz CT molecular complexity index is 1210. The van der Waals surface area contributed by atoms with Crippen LogP contribution in [0.1, 0.15) is 58.5 Å². The van der Waals surface area contributed by atoms with Crippen LogP contribution in [0.25, 0.3) is 5.69 Å². The third-order valence-electron chi connectivity index (χ3n) is 7.30. The maximum absolute atomic E-state index is 13.0. The van der Waals surface area contributed by atoms with Gasteiger partial charge >= 0.3 is 0 Å². The molecule has 4 atom stereocenters. The van der Waals surface area contributed by atoms with Crippen molar-refractivity contribution in [2.24, 2.45) is 5.92 Å². The van der Waals surface area contributed by atoms with Crippen molar-refractivity contribution >= 4 is 23.6 Å². The molecule has 1 saturated carbocycles. The van der Waals surface area contributed by atoms with E-state index in [2.05, 4.69) is 20.9 Å². The first-order chi connectivity index (χ1) is 16.5. The Kier molecular flexibility index (Phi) is 4.94. The summed E-state index contributed by atoms with van der Waals surface area (Å²) in [5.74, 6) is -0.959. The lowest BCUT2D eigenvalue weighted by Gasteiger charge is -2.29. The summed E-state index contributed by atoms with van der Waals surface area (Å²) in [4.78, 5) is 51.0. The Labute approximate surface area is 194 Å². The highest BCUT2D eigenvalue weighted by atomic mass is 16.5. The molecule has 1 aliphatic carbocycles. The van der Waals surface area contributed by atoms with E-state index in [1.807, 2.05) is 6.07 Å². The minimum absolute atomic E-state index is 0.0762. The fourth-order valence-electron chi connectivity index (χ4n) is 5.43. The second kappa shape index (κ2) is 8.01. The van der Waals surface area contributed by atoms with Gasteiger partial charge in [-0.3, -0.25) is 24.5 Å². The maximum Gasteiger partial charge on any atom is 0.273 e. The minimum Gasteiger partial charge on any atom is -0.378 e. The highest BCUT2D eigenvalue weighted by Crippen LogP contribution is 2.33. The second-order valence-electron chi connectivity index (χ2n) is 9.40. The zero-order valence-electron chi connectivity index (χ0n) is 18.4. The van der Waals surface area contributed by atoms with E-state index in [1.165, 1.54) is 9.58 Å². The molecule has 1 aromatic carbocycles. The van der Waals surface area contributed by atoms with Crippen LogP contribution in [0.3, 0.4) is 0 Å². The SMILES string of the molecule is O=C1CCC(N2Cc3ccc(-n4cc(C(=O)N[C@@H]5CC[C@H]6C[C@@H]5CO6)nn4)cc3C2=O)C(=O)N1. The van der Waals surface area contributed by atoms with Crippen LogP contribution in [0.5, 0.6) is 0 Å². The molecule has 3 fully saturated rings. The molecule has 2 N–H and O–H groups in total. The van der Waals surface area contributed by atoms with E-state index >= 15 is 0 Å². The normalized spacial score (nSPS) is 28.1. The quantitative estimate of drug-likeness (QED) is 0.622. The number of nitrogens with one attached hydrogen (secondary N) is 2. The molecule has 1 unspecified atom stereocenters. The van der Waals surface area contributed by atoms with Gasteiger partial charge in [-0.05, 0) is 43.4 Å². The predicted octanol–water partition coefficient (Wildman–Crippen LogP) is 0.326. The molecule has 2 bridgehead atoms. The zero-order chi connectivity index (χ0) is 23.4. The van der Waals surface area contributed by atoms with Gasteiger partial charge in [0, 0.05) is 30.5 Å². The van der Waals surface area contributed by atoms with Crippen molar-refractivity contribution in [3.63, 3.8) is 0 Å². The van der Waals surface area contributed by atoms with Gasteiger partial charge in [-0.25, -0.2) is 4.68 Å². The molecular weight excluding hydrogens is 440 g/mol. The minimum atomic E-state index is -0.664. The lowest BCUT2D eigenvalue weighted by atomic mass is 9.86. The lowest BCUT2D eigenvalue weighted by molar-refractivity contribution is -0.136. The molecule has 2 saturated heterocycles. The number of piperidine rings is 1. The number of benzene rings is 1. The average molecular weight is 464 g/mol. The largest absolute Gasteiger partial charge is 0.378 e. The summed E-state index contributed by atoms with van der Waals surface area (Å²) in [6.07, 6.45) is 5.22. The van der Waals surface area contributed by atoms with Crippen molar-refractivity contribution in [2.75, 3.05) is 6.61 Å². The number of hydrogen-bond donors (Lipinski definition) is 2. The molecule has 6 rings (SSSR count). The van der Waals surface area contributed by atoms with Gasteiger partial charge in [0.15, 0.2) is 5.69 Å². The topological polar surface area (TPSA) is 136 Å². The molecule has 11 heteroatoms. The number of aromatic nitrogens is 3. The number of nitrogens with zero attached hydrogens (tertiary/aromatic N) is 4. The fourth-order valence-corrected chi connectivity index (χ4v) is 5.43. The molecule has 176 valence electrons. The van der Waals surface area contributed by atoms with Crippen molar-refractivity contribution in [3.05, 3.63) is 41.2 Å². The number of carbonyl (C=O) groups excluding carboxylic acids is 4. The van der Waals surface area contributed by atoms with Crippen LogP contribution in [0.4, 0.5) is 0 Å². The standard InChI is InChI=1S/C23H24N6O5/c30-20-6-5-19(22(32)25-20)28-9-12-1-2-14(8-16(12)23(28)33)29-10-18(26-27-29)21(31)24-17-4-3-15-7-13(17)11-34-15/h1-2,8,10,13,15,17,19H,3-7,9,11H2,(H,24,31)(H,25,30,32)/t13-,15+,17-,19?/m1/s1. The van der Waals surface area contributed by atoms with E-state index in [0.717, 1.165) is 24.8 Å². The van der Waals surface area contributed by atoms with Crippen LogP contribution < -0.4 is 10.6 Å². The van der Waals surface area contributed by atoms with E-state index < -0.39 is 11.9 Å². The summed E-state index contributed by atoms with van der Waals surface area (Å²) >= 11 is 0. The Morgan fingerprint density at radius 1 is 1.18 bits per heavy atom. The van der Waals surface area contributed by atoms with Gasteiger partial charge in [-0.1, -0.05) is 11.3 Å². The van der Waals surface area contributed by atoms with E-state index in [0.29, 0.717) is 42.8 Å². The first kappa shape index (κ1) is 21.0. The van der Waals surface area contributed by atoms with Crippen molar-refractivity contribution in [1.29, 1.82) is 0 Å². The number of rotatable bonds is 4. The van der Waals surface area contributed by atoms with E-state index in [1.54, 1.807) is 18.3 Å². The van der Waals surface area contributed by atoms with Crippen LogP contribution >= 0.6 is 0 Å². The number of hydrogen-bond acceptors (Lipinski definition) is 7. The van der Waals surface area contributed by atoms with Crippen LogP contribution in [-0.2, 0) is 20.9 Å². The lowest BCUT2D eigenvalue weighted by Crippen LogP contribution is -2.52. The molecule has 11 nitrogen and oxygen atoms in total. The zero-order valence-corrected chi connectivity index (χ0v) is 18.4. The Hall–Kier alpha value is -3.60. The molecule has 3 aliphatic heterocycles. The second-order valence-corrected chi connectivity index (χ2v) is 9.40. The van der Waals surface area contributed by atoms with Gasteiger partial charge in [0.2, 0.25) is 11.8 Å². The third kappa shape index (κ3) is 3.56. The Morgan fingerprint density at radius 2 is 2.06 bits per heavy atom. The molecule has 1 aromatic heterocycles. The number of fused-ring (bicyclic) bond motifs is 3. The molecule has 2 aromatic rings. The molecule has 0 spiro atoms. The summed E-state index contributed by atoms with van der Waals surface area (Å²) in [6, 6.07) is 4.72. The van der Waals surface area contributed by atoms with Crippen molar-refractivity contribution < 1.29 is 23.9 Å². The molecule has 4 aliphatic rings. The number of imide groups is 1. The number of amides is 4. The molecule has 4 heterocycles. The van der Waals surface area contributed by atoms with E-state index in [9.17, 15) is 19.2 Å². The fraction of sp³-hybridized carbons (Fsp3) is 0.478. The van der Waals surface area contributed by atoms with Gasteiger partial charge in [0.05, 0.1) is 24.6 Å². The summed E-state index contributed by atoms with van der Waals surface area (Å²) in [7, 11) is 0. The Morgan fingerprint density at radius 3 is 2.91 bits per heavy atom. The molecule has 0 radical (unpaired) electrons. The highest BCUT2D eigenvalue weighted by molar-refractivity contribution is 6.05. The van der Waals surface area contributed by atoms with Crippen molar-refractivity contribution in [1.82, 2.24) is 30.5 Å². The van der Waals surface area contributed by atoms with Gasteiger partial charge in [-0.15, -0.1) is 5.10 Å². The molecule has 34 heavy (non-hydrogen) atoms. The smallest absolute Gasteiger partial charge is 0.273 e. The monoisotopic (exact) mass is 464 g/mol. The number of ether oxygens (including phenoxy) is 1. The Balaban J connectivity index is 1.17. The van der Waals surface area contributed by atoms with Crippen LogP contribution in [0.15, 0.2) is 24.4 Å². The van der Waals surface area contributed by atoms with Crippen LogP contribution in [0.2, 0.25) is 0 Å². The van der Waals surface area contributed by atoms with Gasteiger partial charge in [0.1, 0.15) is 6.04 Å². The summed E-state index contributed by atoms with van der Waals surface area (Å²) in [5, 5.41) is 13.5. The van der Waals surface area contributed by atoms with Crippen LogP contribution in [-0.4, -0.2) is 68.3 Å². The van der Waals surface area contributed by atoms with Crippen molar-refractivity contribution in [3.8, 4) is 5.69 Å². The van der Waals surface area contributed by atoms with Gasteiger partial charge in [-0.2, -0.15) is 0 Å². The highest BCUT2D eigenvalue weighted by Gasteiger charge is 2.40. The number of carbonyl (C=O) groups is 4. The average Bonchev–Trinajstić information content (AvgIpc) is 3.54. The first-order valence-electron chi connectivity index (χ1n) is 11.6. The molecular formula is C23H24N6O5. The van der Waals surface area contributed by atoms with E-state index in [-0.39, 0.29) is 35.9 Å². The van der Waals surface area contributed by atoms with Crippen LogP contribution in [0, 0.1) is 5.92 Å². The third-order valence-corrected chi connectivity index (χ3v) is 7.30. The molecule has 4 amide bonds. The van der Waals surface area contributed by atoms with Crippen molar-refractivity contribution in [2.45, 2.75) is 56.8 Å². The predicted molar refractivity (Wildman–Crippen MR) is 116 cm³/mol. The summed E-state index contributed by atoms with van der Waals surface area (Å²) in [6.45, 7) is 0.986.